The van der Waals surface area contributed by atoms with E-state index in [1.54, 1.807) is 25.1 Å². The van der Waals surface area contributed by atoms with Crippen LogP contribution in [0.1, 0.15) is 18.1 Å². The summed E-state index contributed by atoms with van der Waals surface area (Å²) in [4.78, 5) is 13.1. The van der Waals surface area contributed by atoms with Gasteiger partial charge in [0.05, 0.1) is 6.61 Å². The van der Waals surface area contributed by atoms with Crippen LogP contribution in [-0.4, -0.2) is 12.6 Å². The highest BCUT2D eigenvalue weighted by Crippen LogP contribution is 2.38. The molecule has 2 nitrogen and oxygen atoms in total. The lowest BCUT2D eigenvalue weighted by molar-refractivity contribution is -0.138. The summed E-state index contributed by atoms with van der Waals surface area (Å²) in [5, 5.41) is 3.80. The molecule has 0 spiro atoms. The largest absolute Gasteiger partial charge is 0.463 e. The van der Waals surface area contributed by atoms with Gasteiger partial charge in [0.15, 0.2) is 0 Å². The van der Waals surface area contributed by atoms with Gasteiger partial charge in [-0.15, -0.1) is 0 Å². The number of esters is 1. The molecule has 0 saturated heterocycles. The quantitative estimate of drug-likeness (QED) is 0.110. The van der Waals surface area contributed by atoms with Crippen molar-refractivity contribution in [2.75, 3.05) is 6.61 Å². The molecule has 0 amide bonds. The van der Waals surface area contributed by atoms with Gasteiger partial charge in [0.1, 0.15) is 5.82 Å². The number of hydrogen-bond donors (Lipinski definition) is 0. The molecular formula is C36H30FO2P. The average Bonchev–Trinajstić information content (AvgIpc) is 3.00. The van der Waals surface area contributed by atoms with Crippen LogP contribution in [-0.2, 0) is 16.0 Å². The third-order valence-corrected chi connectivity index (χ3v) is 9.11. The van der Waals surface area contributed by atoms with Crippen LogP contribution >= 0.6 is 7.92 Å². The summed E-state index contributed by atoms with van der Waals surface area (Å²) in [6, 6.07) is 44.2. The Hall–Kier alpha value is -4.33. The van der Waals surface area contributed by atoms with Gasteiger partial charge in [-0.3, -0.25) is 0 Å². The van der Waals surface area contributed by atoms with Crippen LogP contribution < -0.4 is 15.9 Å². The van der Waals surface area contributed by atoms with Crippen LogP contribution in [0.4, 0.5) is 4.39 Å². The summed E-state index contributed by atoms with van der Waals surface area (Å²) < 4.78 is 18.9. The first-order valence-corrected chi connectivity index (χ1v) is 14.7. The Bertz CT molecular complexity index is 1560. The van der Waals surface area contributed by atoms with Gasteiger partial charge in [0, 0.05) is 12.0 Å². The van der Waals surface area contributed by atoms with Gasteiger partial charge in [-0.05, 0) is 71.2 Å². The summed E-state index contributed by atoms with van der Waals surface area (Å²) in [5.74, 6) is -0.684. The molecule has 40 heavy (non-hydrogen) atoms. The van der Waals surface area contributed by atoms with Crippen molar-refractivity contribution in [1.82, 2.24) is 0 Å². The molecule has 0 aromatic heterocycles. The van der Waals surface area contributed by atoms with E-state index in [-0.39, 0.29) is 18.4 Å². The Morgan fingerprint density at radius 2 is 1.25 bits per heavy atom. The Kier molecular flexibility index (Phi) is 8.96. The molecule has 0 unspecified atom stereocenters. The predicted molar refractivity (Wildman–Crippen MR) is 165 cm³/mol. The van der Waals surface area contributed by atoms with E-state index in [1.165, 1.54) is 28.0 Å². The molecular weight excluding hydrogens is 514 g/mol. The first-order chi connectivity index (χ1) is 19.6. The van der Waals surface area contributed by atoms with Crippen LogP contribution in [0, 0.1) is 5.82 Å². The SMILES string of the molecule is CCOC(=O)C(=Cc1ccc(F)cc1)Cc1ccccc1-c1ccccc1P(c1ccccc1)c1ccccc1. The molecule has 0 aliphatic heterocycles. The van der Waals surface area contributed by atoms with Gasteiger partial charge in [-0.25, -0.2) is 9.18 Å². The zero-order valence-electron chi connectivity index (χ0n) is 22.3. The minimum atomic E-state index is -0.826. The van der Waals surface area contributed by atoms with E-state index in [0.29, 0.717) is 12.0 Å². The summed E-state index contributed by atoms with van der Waals surface area (Å²) >= 11 is 0. The van der Waals surface area contributed by atoms with Gasteiger partial charge in [0.25, 0.3) is 0 Å². The lowest BCUT2D eigenvalue weighted by Crippen LogP contribution is -2.22. The van der Waals surface area contributed by atoms with Gasteiger partial charge >= 0.3 is 5.97 Å². The monoisotopic (exact) mass is 544 g/mol. The van der Waals surface area contributed by atoms with Crippen LogP contribution in [0.3, 0.4) is 0 Å². The molecule has 0 N–H and O–H groups in total. The molecule has 0 bridgehead atoms. The molecule has 0 heterocycles. The molecule has 4 heteroatoms. The Morgan fingerprint density at radius 1 is 0.700 bits per heavy atom. The van der Waals surface area contributed by atoms with Crippen LogP contribution in [0.5, 0.6) is 0 Å². The van der Waals surface area contributed by atoms with Crippen molar-refractivity contribution in [2.45, 2.75) is 13.3 Å². The number of benzene rings is 5. The fraction of sp³-hybridized carbons (Fsp3) is 0.0833. The molecule has 0 aliphatic carbocycles. The lowest BCUT2D eigenvalue weighted by Gasteiger charge is -2.23. The standard InChI is InChI=1S/C36H30FO2P/c1-2-39-36(38)29(25-27-21-23-30(37)24-22-27)26-28-13-9-10-18-33(28)34-19-11-12-20-35(34)40(31-14-5-3-6-15-31)32-16-7-4-8-17-32/h3-25H,2,26H2,1H3. The Morgan fingerprint density at radius 3 is 1.88 bits per heavy atom. The summed E-state index contributed by atoms with van der Waals surface area (Å²) in [6.07, 6.45) is 2.18. The lowest BCUT2D eigenvalue weighted by atomic mass is 9.94. The third kappa shape index (κ3) is 6.45. The maximum Gasteiger partial charge on any atom is 0.334 e. The van der Waals surface area contributed by atoms with Crippen molar-refractivity contribution in [2.24, 2.45) is 0 Å². The fourth-order valence-corrected chi connectivity index (χ4v) is 7.25. The van der Waals surface area contributed by atoms with Crippen molar-refractivity contribution >= 4 is 35.9 Å². The summed E-state index contributed by atoms with van der Waals surface area (Å²) in [5.41, 5.74) is 4.51. The molecule has 0 aliphatic rings. The van der Waals surface area contributed by atoms with Crippen LogP contribution in [0.15, 0.2) is 139 Å². The highest BCUT2D eigenvalue weighted by molar-refractivity contribution is 7.80. The van der Waals surface area contributed by atoms with E-state index in [0.717, 1.165) is 22.3 Å². The fourth-order valence-electron chi connectivity index (χ4n) is 4.79. The van der Waals surface area contributed by atoms with Crippen LogP contribution in [0.25, 0.3) is 17.2 Å². The first-order valence-electron chi connectivity index (χ1n) is 13.3. The maximum atomic E-state index is 13.5. The van der Waals surface area contributed by atoms with E-state index in [9.17, 15) is 9.18 Å². The minimum Gasteiger partial charge on any atom is -0.463 e. The van der Waals surface area contributed by atoms with Gasteiger partial charge < -0.3 is 4.74 Å². The Labute approximate surface area is 236 Å². The van der Waals surface area contributed by atoms with Crippen molar-refractivity contribution in [1.29, 1.82) is 0 Å². The second kappa shape index (κ2) is 13.2. The Balaban J connectivity index is 1.62. The van der Waals surface area contributed by atoms with Gasteiger partial charge in [0.2, 0.25) is 0 Å². The van der Waals surface area contributed by atoms with Crippen molar-refractivity contribution < 1.29 is 13.9 Å². The molecule has 5 rings (SSSR count). The highest BCUT2D eigenvalue weighted by atomic mass is 31.1. The maximum absolute atomic E-state index is 13.5. The van der Waals surface area contributed by atoms with Crippen molar-refractivity contribution in [3.05, 3.63) is 156 Å². The topological polar surface area (TPSA) is 26.3 Å². The second-order valence-corrected chi connectivity index (χ2v) is 11.5. The normalized spacial score (nSPS) is 11.4. The predicted octanol–water partition coefficient (Wildman–Crippen LogP) is 7.44. The van der Waals surface area contributed by atoms with Gasteiger partial charge in [-0.1, -0.05) is 121 Å². The van der Waals surface area contributed by atoms with Gasteiger partial charge in [-0.2, -0.15) is 0 Å². The zero-order valence-corrected chi connectivity index (χ0v) is 23.2. The number of carbonyl (C=O) groups excluding carboxylic acids is 1. The second-order valence-electron chi connectivity index (χ2n) is 9.30. The summed E-state index contributed by atoms with van der Waals surface area (Å²) in [7, 11) is -0.826. The third-order valence-electron chi connectivity index (χ3n) is 6.61. The number of ether oxygens (including phenoxy) is 1. The van der Waals surface area contributed by atoms with Crippen molar-refractivity contribution in [3.8, 4) is 11.1 Å². The highest BCUT2D eigenvalue weighted by Gasteiger charge is 2.22. The van der Waals surface area contributed by atoms with Crippen LogP contribution in [0.2, 0.25) is 0 Å². The minimum absolute atomic E-state index is 0.280. The zero-order chi connectivity index (χ0) is 27.7. The van der Waals surface area contributed by atoms with E-state index in [1.807, 2.05) is 24.3 Å². The molecule has 0 radical (unpaired) electrons. The van der Waals surface area contributed by atoms with E-state index in [4.69, 9.17) is 4.74 Å². The molecule has 5 aromatic rings. The molecule has 0 fully saturated rings. The average molecular weight is 545 g/mol. The molecule has 5 aromatic carbocycles. The van der Waals surface area contributed by atoms with E-state index < -0.39 is 7.92 Å². The van der Waals surface area contributed by atoms with E-state index in [2.05, 4.69) is 84.9 Å². The number of rotatable bonds is 9. The number of carbonyl (C=O) groups is 1. The molecule has 0 saturated carbocycles. The van der Waals surface area contributed by atoms with Crippen molar-refractivity contribution in [3.63, 3.8) is 0 Å². The molecule has 198 valence electrons. The summed E-state index contributed by atoms with van der Waals surface area (Å²) in [6.45, 7) is 2.08. The van der Waals surface area contributed by atoms with E-state index >= 15 is 0 Å². The smallest absolute Gasteiger partial charge is 0.334 e. The number of halogens is 1. The molecule has 0 atom stereocenters. The number of hydrogen-bond acceptors (Lipinski definition) is 2. The first kappa shape index (κ1) is 27.2.